The Morgan fingerprint density at radius 2 is 1.54 bits per heavy atom. The molecule has 0 saturated carbocycles. The molecule has 1 aliphatic heterocycles. The summed E-state index contributed by atoms with van der Waals surface area (Å²) in [6, 6.07) is 20.7. The van der Waals surface area contributed by atoms with Gasteiger partial charge in [-0.3, -0.25) is 24.4 Å². The Bertz CT molecular complexity index is 1360. The van der Waals surface area contributed by atoms with Crippen molar-refractivity contribution in [1.29, 1.82) is 0 Å². The maximum atomic E-state index is 12.6. The Labute approximate surface area is 206 Å². The number of carbonyl (C=O) groups excluding carboxylic acids is 3. The monoisotopic (exact) mass is 488 g/mol. The maximum Gasteiger partial charge on any atom is 0.261 e. The zero-order chi connectivity index (χ0) is 23.7. The predicted octanol–water partition coefficient (Wildman–Crippen LogP) is 3.40. The van der Waals surface area contributed by atoms with Crippen LogP contribution >= 0.6 is 12.4 Å². The van der Waals surface area contributed by atoms with E-state index in [0.29, 0.717) is 34.0 Å². The highest BCUT2D eigenvalue weighted by atomic mass is 35.5. The summed E-state index contributed by atoms with van der Waals surface area (Å²) in [5.41, 5.74) is 9.00. The van der Waals surface area contributed by atoms with Gasteiger partial charge in [0.25, 0.3) is 17.7 Å². The Hall–Kier alpha value is -4.34. The van der Waals surface area contributed by atoms with Crippen LogP contribution in [0.2, 0.25) is 0 Å². The molecular formula is C25H21ClN6O3. The van der Waals surface area contributed by atoms with Gasteiger partial charge in [0.2, 0.25) is 0 Å². The minimum absolute atomic E-state index is 0. The summed E-state index contributed by atoms with van der Waals surface area (Å²) in [5, 5.41) is 9.72. The van der Waals surface area contributed by atoms with Gasteiger partial charge in [-0.1, -0.05) is 24.3 Å². The third-order valence-corrected chi connectivity index (χ3v) is 5.56. The Morgan fingerprint density at radius 1 is 0.914 bits per heavy atom. The Kier molecular flexibility index (Phi) is 6.72. The van der Waals surface area contributed by atoms with Crippen molar-refractivity contribution in [3.05, 3.63) is 101 Å². The molecule has 0 fully saturated rings. The van der Waals surface area contributed by atoms with Gasteiger partial charge in [0.15, 0.2) is 5.82 Å². The van der Waals surface area contributed by atoms with Crippen molar-refractivity contribution in [2.24, 2.45) is 5.73 Å². The van der Waals surface area contributed by atoms with Gasteiger partial charge < -0.3 is 11.1 Å². The third-order valence-electron chi connectivity index (χ3n) is 5.56. The highest BCUT2D eigenvalue weighted by Crippen LogP contribution is 2.24. The fraction of sp³-hybridized carbons (Fsp3) is 0.0800. The molecule has 35 heavy (non-hydrogen) atoms. The van der Waals surface area contributed by atoms with Gasteiger partial charge in [0, 0.05) is 16.8 Å². The molecule has 0 radical (unpaired) electrons. The number of rotatable bonds is 6. The van der Waals surface area contributed by atoms with Crippen molar-refractivity contribution in [2.45, 2.75) is 13.1 Å². The van der Waals surface area contributed by atoms with E-state index in [2.05, 4.69) is 20.5 Å². The maximum absolute atomic E-state index is 12.6. The van der Waals surface area contributed by atoms with E-state index in [1.807, 2.05) is 12.1 Å². The zero-order valence-electron chi connectivity index (χ0n) is 18.4. The van der Waals surface area contributed by atoms with E-state index in [9.17, 15) is 14.4 Å². The van der Waals surface area contributed by atoms with E-state index in [4.69, 9.17) is 5.73 Å². The molecule has 0 unspecified atom stereocenters. The van der Waals surface area contributed by atoms with Gasteiger partial charge in [0.05, 0.1) is 24.2 Å². The van der Waals surface area contributed by atoms with Crippen LogP contribution in [0.25, 0.3) is 11.4 Å². The van der Waals surface area contributed by atoms with E-state index in [-0.39, 0.29) is 43.2 Å². The average molecular weight is 489 g/mol. The fourth-order valence-electron chi connectivity index (χ4n) is 3.75. The molecule has 9 nitrogen and oxygen atoms in total. The molecular weight excluding hydrogens is 468 g/mol. The number of aromatic nitrogens is 3. The van der Waals surface area contributed by atoms with Gasteiger partial charge in [-0.05, 0) is 54.1 Å². The van der Waals surface area contributed by atoms with E-state index in [0.717, 1.165) is 11.1 Å². The molecule has 0 bridgehead atoms. The van der Waals surface area contributed by atoms with Crippen LogP contribution in [0.3, 0.4) is 0 Å². The lowest BCUT2D eigenvalue weighted by Crippen LogP contribution is -2.29. The van der Waals surface area contributed by atoms with Gasteiger partial charge in [-0.25, -0.2) is 4.98 Å². The van der Waals surface area contributed by atoms with Crippen molar-refractivity contribution in [3.63, 3.8) is 0 Å². The van der Waals surface area contributed by atoms with Gasteiger partial charge >= 0.3 is 0 Å². The topological polar surface area (TPSA) is 134 Å². The number of nitrogens with one attached hydrogen (secondary N) is 2. The SMILES string of the molecule is Cl.NCc1nc(-c2ccc(NC(=O)c3ccc(CN4C(=O)c5ccccc5C4=O)cc3)cc2)n[nH]1. The molecule has 10 heteroatoms. The lowest BCUT2D eigenvalue weighted by atomic mass is 10.1. The number of imide groups is 1. The van der Waals surface area contributed by atoms with E-state index >= 15 is 0 Å². The molecule has 5 rings (SSSR count). The van der Waals surface area contributed by atoms with Crippen LogP contribution in [-0.4, -0.2) is 37.8 Å². The highest BCUT2D eigenvalue weighted by Gasteiger charge is 2.34. The molecule has 2 heterocycles. The van der Waals surface area contributed by atoms with Crippen LogP contribution in [0.4, 0.5) is 5.69 Å². The molecule has 1 aromatic heterocycles. The predicted molar refractivity (Wildman–Crippen MR) is 132 cm³/mol. The first kappa shape index (κ1) is 23.8. The standard InChI is InChI=1S/C25H20N6O3.ClH/c26-13-21-28-22(30-29-21)16-9-11-18(12-10-16)27-23(32)17-7-5-15(6-8-17)14-31-24(33)19-3-1-2-4-20(19)25(31)34;/h1-12H,13-14,26H2,(H,27,32)(H,28,29,30);1H. The number of amides is 3. The Balaban J connectivity index is 0.00000289. The van der Waals surface area contributed by atoms with Crippen molar-refractivity contribution in [3.8, 4) is 11.4 Å². The van der Waals surface area contributed by atoms with Crippen molar-refractivity contribution in [2.75, 3.05) is 5.32 Å². The zero-order valence-corrected chi connectivity index (χ0v) is 19.2. The lowest BCUT2D eigenvalue weighted by molar-refractivity contribution is 0.0642. The van der Waals surface area contributed by atoms with Crippen molar-refractivity contribution >= 4 is 35.8 Å². The number of carbonyl (C=O) groups is 3. The summed E-state index contributed by atoms with van der Waals surface area (Å²) >= 11 is 0. The molecule has 4 aromatic rings. The van der Waals surface area contributed by atoms with Crippen molar-refractivity contribution < 1.29 is 14.4 Å². The number of nitrogens with two attached hydrogens (primary N) is 1. The van der Waals surface area contributed by atoms with E-state index in [1.54, 1.807) is 60.7 Å². The molecule has 3 amide bonds. The highest BCUT2D eigenvalue weighted by molar-refractivity contribution is 6.21. The number of hydrogen-bond acceptors (Lipinski definition) is 6. The van der Waals surface area contributed by atoms with Crippen LogP contribution in [0, 0.1) is 0 Å². The Morgan fingerprint density at radius 3 is 2.11 bits per heavy atom. The van der Waals surface area contributed by atoms with Gasteiger partial charge in [-0.15, -0.1) is 12.4 Å². The van der Waals surface area contributed by atoms with Crippen LogP contribution in [0.1, 0.15) is 42.5 Å². The van der Waals surface area contributed by atoms with E-state index in [1.165, 1.54) is 4.90 Å². The number of fused-ring (bicyclic) bond motifs is 1. The first-order chi connectivity index (χ1) is 16.5. The lowest BCUT2D eigenvalue weighted by Gasteiger charge is -2.14. The minimum atomic E-state index is -0.310. The second-order valence-corrected chi connectivity index (χ2v) is 7.78. The van der Waals surface area contributed by atoms with Gasteiger partial charge in [-0.2, -0.15) is 5.10 Å². The minimum Gasteiger partial charge on any atom is -0.324 e. The summed E-state index contributed by atoms with van der Waals surface area (Å²) in [4.78, 5) is 43.2. The van der Waals surface area contributed by atoms with Crippen LogP contribution in [0.15, 0.2) is 72.8 Å². The van der Waals surface area contributed by atoms with Crippen molar-refractivity contribution in [1.82, 2.24) is 20.1 Å². The molecule has 1 aliphatic rings. The molecule has 4 N–H and O–H groups in total. The summed E-state index contributed by atoms with van der Waals surface area (Å²) in [6.45, 7) is 0.418. The molecule has 176 valence electrons. The number of anilines is 1. The van der Waals surface area contributed by atoms with Crippen LogP contribution in [-0.2, 0) is 13.1 Å². The summed E-state index contributed by atoms with van der Waals surface area (Å²) in [6.07, 6.45) is 0. The largest absolute Gasteiger partial charge is 0.324 e. The molecule has 0 saturated heterocycles. The smallest absolute Gasteiger partial charge is 0.261 e. The number of benzene rings is 3. The normalized spacial score (nSPS) is 12.3. The number of halogens is 1. The average Bonchev–Trinajstić information content (AvgIpc) is 3.45. The quantitative estimate of drug-likeness (QED) is 0.356. The third kappa shape index (κ3) is 4.68. The number of aromatic amines is 1. The second-order valence-electron chi connectivity index (χ2n) is 7.78. The van der Waals surface area contributed by atoms with Crippen LogP contribution in [0.5, 0.6) is 0 Å². The number of hydrogen-bond donors (Lipinski definition) is 3. The number of nitrogens with zero attached hydrogens (tertiary/aromatic N) is 3. The fourth-order valence-corrected chi connectivity index (χ4v) is 3.75. The summed E-state index contributed by atoms with van der Waals surface area (Å²) in [7, 11) is 0. The molecule has 3 aromatic carbocycles. The van der Waals surface area contributed by atoms with E-state index < -0.39 is 0 Å². The summed E-state index contributed by atoms with van der Waals surface area (Å²) in [5.74, 6) is 0.236. The second kappa shape index (κ2) is 9.88. The summed E-state index contributed by atoms with van der Waals surface area (Å²) < 4.78 is 0. The van der Waals surface area contributed by atoms with Crippen LogP contribution < -0.4 is 11.1 Å². The number of H-pyrrole nitrogens is 1. The molecule has 0 aliphatic carbocycles. The first-order valence-corrected chi connectivity index (χ1v) is 10.6. The molecule has 0 atom stereocenters. The first-order valence-electron chi connectivity index (χ1n) is 10.6. The molecule has 0 spiro atoms. The van der Waals surface area contributed by atoms with Gasteiger partial charge in [0.1, 0.15) is 5.82 Å².